The zero-order valence-electron chi connectivity index (χ0n) is 21.4. The normalized spacial score (nSPS) is 16.5. The molecule has 0 bridgehead atoms. The van der Waals surface area contributed by atoms with Crippen molar-refractivity contribution in [1.82, 2.24) is 20.2 Å². The van der Waals surface area contributed by atoms with Crippen molar-refractivity contribution >= 4 is 85.9 Å². The minimum atomic E-state index is 0.238. The number of hydrogen-bond acceptors (Lipinski definition) is 7. The molecule has 1 spiro atoms. The molecular weight excluding hydrogens is 593 g/mol. The maximum absolute atomic E-state index is 9.83. The van der Waals surface area contributed by atoms with E-state index in [1.165, 1.54) is 45.6 Å². The Hall–Kier alpha value is -2.20. The first kappa shape index (κ1) is 28.3. The number of rotatable bonds is 6. The third kappa shape index (κ3) is 6.42. The largest absolute Gasteiger partial charge is 0.373 e. The average Bonchev–Trinajstić information content (AvgIpc) is 3.64. The highest BCUT2D eigenvalue weighted by molar-refractivity contribution is 7.16. The summed E-state index contributed by atoms with van der Waals surface area (Å²) in [6.07, 6.45) is 9.01. The molecule has 1 amide bonds. The lowest BCUT2D eigenvalue weighted by Crippen LogP contribution is -2.44. The Balaban J connectivity index is 0.000000261. The van der Waals surface area contributed by atoms with Gasteiger partial charge in [-0.1, -0.05) is 53.0 Å². The molecule has 0 aliphatic carbocycles. The highest BCUT2D eigenvalue weighted by atomic mass is 35.5. The van der Waals surface area contributed by atoms with E-state index in [9.17, 15) is 4.79 Å². The van der Waals surface area contributed by atoms with Gasteiger partial charge in [0, 0.05) is 47.9 Å². The van der Waals surface area contributed by atoms with E-state index in [4.69, 9.17) is 39.8 Å². The lowest BCUT2D eigenvalue weighted by atomic mass is 9.74. The van der Waals surface area contributed by atoms with Gasteiger partial charge in [-0.15, -0.1) is 22.7 Å². The SMILES string of the molecule is CN1CC2(CCN(C/C=C/c3ccc(Cl)c(Cl)c3)CC2)c2c1ccc1scnc21.O=CNCc1cnc(Cl)s1. The number of carbonyl (C=O) groups is 1. The van der Waals surface area contributed by atoms with Crippen molar-refractivity contribution in [3.63, 3.8) is 0 Å². The number of likely N-dealkylation sites (tertiary alicyclic amines) is 1. The van der Waals surface area contributed by atoms with Crippen LogP contribution < -0.4 is 10.2 Å². The molecule has 39 heavy (non-hydrogen) atoms. The van der Waals surface area contributed by atoms with Crippen molar-refractivity contribution in [3.8, 4) is 0 Å². The Labute approximate surface area is 251 Å². The van der Waals surface area contributed by atoms with Crippen LogP contribution in [-0.4, -0.2) is 54.5 Å². The Bertz CT molecular complexity index is 1480. The first-order valence-electron chi connectivity index (χ1n) is 12.6. The quantitative estimate of drug-likeness (QED) is 0.232. The monoisotopic (exact) mass is 619 g/mol. The van der Waals surface area contributed by atoms with Gasteiger partial charge < -0.3 is 10.2 Å². The van der Waals surface area contributed by atoms with Gasteiger partial charge in [-0.2, -0.15) is 0 Å². The van der Waals surface area contributed by atoms with Crippen LogP contribution in [-0.2, 0) is 16.8 Å². The molecule has 204 valence electrons. The van der Waals surface area contributed by atoms with Crippen molar-refractivity contribution in [2.75, 3.05) is 38.1 Å². The molecule has 1 saturated heterocycles. The number of carbonyl (C=O) groups excluding carboxylic acids is 1. The number of anilines is 1. The zero-order chi connectivity index (χ0) is 27.4. The second kappa shape index (κ2) is 12.5. The Morgan fingerprint density at radius 2 is 1.92 bits per heavy atom. The molecule has 4 heterocycles. The molecule has 6 rings (SSSR count). The molecular formula is C28H28Cl3N5OS2. The van der Waals surface area contributed by atoms with Gasteiger partial charge in [-0.25, -0.2) is 9.97 Å². The second-order valence-corrected chi connectivity index (χ2v) is 13.1. The number of fused-ring (bicyclic) bond motifs is 4. The van der Waals surface area contributed by atoms with Crippen molar-refractivity contribution < 1.29 is 4.79 Å². The molecule has 2 aromatic heterocycles. The molecule has 1 N–H and O–H groups in total. The molecule has 0 atom stereocenters. The summed E-state index contributed by atoms with van der Waals surface area (Å²) >= 11 is 20.7. The predicted molar refractivity (Wildman–Crippen MR) is 166 cm³/mol. The van der Waals surface area contributed by atoms with E-state index < -0.39 is 0 Å². The Kier molecular flexibility index (Phi) is 9.11. The van der Waals surface area contributed by atoms with Crippen molar-refractivity contribution in [2.45, 2.75) is 24.8 Å². The molecule has 4 aromatic rings. The molecule has 11 heteroatoms. The number of nitrogens with one attached hydrogen (secondary N) is 1. The number of likely N-dealkylation sites (N-methyl/N-ethyl adjacent to an activating group) is 1. The standard InChI is InChI=1S/C23H23Cl2N3S.C5H5ClN2OS/c1-27-14-23(21-19(27)6-7-20-22(21)26-15-29-20)8-11-28(12-9-23)10-2-3-16-4-5-17(24)18(25)13-16;6-5-8-2-4(10-5)1-7-3-9/h2-7,13,15H,8-12,14H2,1H3;2-3H,1H2,(H,7,9)/b3-2+;. The van der Waals surface area contributed by atoms with Crippen molar-refractivity contribution in [2.24, 2.45) is 0 Å². The zero-order valence-corrected chi connectivity index (χ0v) is 25.3. The summed E-state index contributed by atoms with van der Waals surface area (Å²) in [4.78, 5) is 24.3. The lowest BCUT2D eigenvalue weighted by Gasteiger charge is -2.39. The smallest absolute Gasteiger partial charge is 0.207 e. The van der Waals surface area contributed by atoms with Crippen molar-refractivity contribution in [3.05, 3.63) is 78.6 Å². The number of aromatic nitrogens is 2. The fourth-order valence-corrected chi connectivity index (χ4v) is 7.33. The number of benzene rings is 2. The molecule has 2 aliphatic heterocycles. The lowest BCUT2D eigenvalue weighted by molar-refractivity contribution is -0.109. The molecule has 6 nitrogen and oxygen atoms in total. The minimum absolute atomic E-state index is 0.238. The van der Waals surface area contributed by atoms with Crippen LogP contribution in [0.1, 0.15) is 28.8 Å². The van der Waals surface area contributed by atoms with Gasteiger partial charge in [0.15, 0.2) is 4.47 Å². The van der Waals surface area contributed by atoms with Crippen LogP contribution >= 0.6 is 57.5 Å². The third-order valence-electron chi connectivity index (χ3n) is 7.28. The van der Waals surface area contributed by atoms with E-state index >= 15 is 0 Å². The van der Waals surface area contributed by atoms with E-state index in [-0.39, 0.29) is 5.41 Å². The molecule has 2 aromatic carbocycles. The fraction of sp³-hybridized carbons (Fsp3) is 0.321. The molecule has 1 fully saturated rings. The Morgan fingerprint density at radius 1 is 1.10 bits per heavy atom. The number of halogens is 3. The van der Waals surface area contributed by atoms with E-state index in [0.717, 1.165) is 36.6 Å². The Morgan fingerprint density at radius 3 is 2.64 bits per heavy atom. The number of piperidine rings is 1. The van der Waals surface area contributed by atoms with Crippen LogP contribution in [0.15, 0.2) is 48.1 Å². The van der Waals surface area contributed by atoms with Gasteiger partial charge in [0.05, 0.1) is 32.3 Å². The summed E-state index contributed by atoms with van der Waals surface area (Å²) in [5.41, 5.74) is 7.40. The number of nitrogens with zero attached hydrogens (tertiary/aromatic N) is 4. The molecule has 2 aliphatic rings. The van der Waals surface area contributed by atoms with Crippen LogP contribution in [0.4, 0.5) is 5.69 Å². The number of amides is 1. The maximum atomic E-state index is 9.83. The van der Waals surface area contributed by atoms with Gasteiger partial charge >= 0.3 is 0 Å². The van der Waals surface area contributed by atoms with E-state index in [2.05, 4.69) is 51.4 Å². The molecule has 0 radical (unpaired) electrons. The summed E-state index contributed by atoms with van der Waals surface area (Å²) in [5.74, 6) is 0. The summed E-state index contributed by atoms with van der Waals surface area (Å²) < 4.78 is 1.81. The topological polar surface area (TPSA) is 61.4 Å². The van der Waals surface area contributed by atoms with E-state index in [0.29, 0.717) is 27.5 Å². The third-order valence-corrected chi connectivity index (χ3v) is 9.93. The van der Waals surface area contributed by atoms with E-state index in [1.807, 2.05) is 23.7 Å². The van der Waals surface area contributed by atoms with Crippen LogP contribution in [0.5, 0.6) is 0 Å². The predicted octanol–water partition coefficient (Wildman–Crippen LogP) is 7.14. The maximum Gasteiger partial charge on any atom is 0.207 e. The van der Waals surface area contributed by atoms with Gasteiger partial charge in [0.25, 0.3) is 0 Å². The summed E-state index contributed by atoms with van der Waals surface area (Å²) in [6.45, 7) is 4.79. The van der Waals surface area contributed by atoms with Crippen LogP contribution in [0, 0.1) is 0 Å². The van der Waals surface area contributed by atoms with Gasteiger partial charge in [0.1, 0.15) is 0 Å². The van der Waals surface area contributed by atoms with Crippen molar-refractivity contribution in [1.29, 1.82) is 0 Å². The number of thiazole rings is 2. The first-order chi connectivity index (χ1) is 18.9. The molecule has 0 saturated carbocycles. The highest BCUT2D eigenvalue weighted by Gasteiger charge is 2.45. The van der Waals surface area contributed by atoms with Gasteiger partial charge in [-0.3, -0.25) is 9.69 Å². The van der Waals surface area contributed by atoms with E-state index in [1.54, 1.807) is 17.5 Å². The summed E-state index contributed by atoms with van der Waals surface area (Å²) in [6, 6.07) is 10.3. The molecule has 0 unspecified atom stereocenters. The van der Waals surface area contributed by atoms with Crippen LogP contribution in [0.3, 0.4) is 0 Å². The fourth-order valence-electron chi connectivity index (χ4n) is 5.41. The second-order valence-electron chi connectivity index (χ2n) is 9.75. The highest BCUT2D eigenvalue weighted by Crippen LogP contribution is 2.49. The van der Waals surface area contributed by atoms with Gasteiger partial charge in [0.2, 0.25) is 6.41 Å². The minimum Gasteiger partial charge on any atom is -0.373 e. The average molecular weight is 621 g/mol. The van der Waals surface area contributed by atoms with Gasteiger partial charge in [-0.05, 0) is 55.8 Å². The van der Waals surface area contributed by atoms with Crippen LogP contribution in [0.25, 0.3) is 16.3 Å². The first-order valence-corrected chi connectivity index (χ1v) is 15.4. The van der Waals surface area contributed by atoms with Crippen LogP contribution in [0.2, 0.25) is 14.5 Å². The summed E-state index contributed by atoms with van der Waals surface area (Å²) in [5, 5.41) is 3.71. The summed E-state index contributed by atoms with van der Waals surface area (Å²) in [7, 11) is 2.22. The number of hydrogen-bond donors (Lipinski definition) is 1.